The SMILES string of the molecule is Cc1ccc([NH2+]O)cc1.O=CO. The summed E-state index contributed by atoms with van der Waals surface area (Å²) >= 11 is 0. The molecule has 0 saturated carbocycles. The van der Waals surface area contributed by atoms with Gasteiger partial charge in [-0.1, -0.05) is 17.7 Å². The van der Waals surface area contributed by atoms with Crippen LogP contribution in [0.1, 0.15) is 5.56 Å². The van der Waals surface area contributed by atoms with Gasteiger partial charge in [0.05, 0.1) is 0 Å². The van der Waals surface area contributed by atoms with E-state index in [1.807, 2.05) is 31.2 Å². The topological polar surface area (TPSA) is 74.1 Å². The van der Waals surface area contributed by atoms with Crippen molar-refractivity contribution in [3.8, 4) is 0 Å². The zero-order valence-electron chi connectivity index (χ0n) is 6.77. The average Bonchev–Trinajstić information content (AvgIpc) is 2.07. The van der Waals surface area contributed by atoms with Crippen LogP contribution >= 0.6 is 0 Å². The molecule has 0 spiro atoms. The normalized spacial score (nSPS) is 8.17. The van der Waals surface area contributed by atoms with Gasteiger partial charge in [0, 0.05) is 12.1 Å². The highest BCUT2D eigenvalue weighted by atomic mass is 16.5. The summed E-state index contributed by atoms with van der Waals surface area (Å²) in [6.07, 6.45) is 0. The third-order valence-electron chi connectivity index (χ3n) is 1.23. The van der Waals surface area contributed by atoms with Gasteiger partial charge in [-0.15, -0.1) is 0 Å². The molecule has 0 radical (unpaired) electrons. The van der Waals surface area contributed by atoms with Gasteiger partial charge < -0.3 is 5.11 Å². The maximum atomic E-state index is 8.50. The molecule has 0 amide bonds. The summed E-state index contributed by atoms with van der Waals surface area (Å²) in [6.45, 7) is 1.77. The Morgan fingerprint density at radius 3 is 2.08 bits per heavy atom. The van der Waals surface area contributed by atoms with E-state index in [-0.39, 0.29) is 6.47 Å². The van der Waals surface area contributed by atoms with Gasteiger partial charge in [-0.3, -0.25) is 4.79 Å². The zero-order valence-corrected chi connectivity index (χ0v) is 6.77. The minimum absolute atomic E-state index is 0.250. The van der Waals surface area contributed by atoms with Crippen LogP contribution in [0, 0.1) is 6.92 Å². The summed E-state index contributed by atoms with van der Waals surface area (Å²) in [5, 5.41) is 15.4. The van der Waals surface area contributed by atoms with Gasteiger partial charge >= 0.3 is 0 Å². The van der Waals surface area contributed by atoms with Crippen molar-refractivity contribution in [3.05, 3.63) is 29.8 Å². The van der Waals surface area contributed by atoms with Crippen LogP contribution in [0.5, 0.6) is 0 Å². The van der Waals surface area contributed by atoms with Crippen LogP contribution in [0.25, 0.3) is 0 Å². The van der Waals surface area contributed by atoms with Crippen LogP contribution in [-0.2, 0) is 4.79 Å². The second kappa shape index (κ2) is 6.33. The van der Waals surface area contributed by atoms with Gasteiger partial charge in [0.1, 0.15) is 0 Å². The van der Waals surface area contributed by atoms with Crippen LogP contribution < -0.4 is 5.48 Å². The van der Waals surface area contributed by atoms with Crippen molar-refractivity contribution in [3.63, 3.8) is 0 Å². The molecule has 12 heavy (non-hydrogen) atoms. The predicted molar refractivity (Wildman–Crippen MR) is 43.2 cm³/mol. The highest BCUT2D eigenvalue weighted by Crippen LogP contribution is 2.01. The van der Waals surface area contributed by atoms with Gasteiger partial charge in [-0.2, -0.15) is 5.48 Å². The molecule has 1 rings (SSSR count). The smallest absolute Gasteiger partial charge is 0.290 e. The first-order chi connectivity index (χ1) is 5.74. The number of hydrogen-bond donors (Lipinski definition) is 3. The van der Waals surface area contributed by atoms with E-state index in [9.17, 15) is 0 Å². The van der Waals surface area contributed by atoms with Crippen molar-refractivity contribution in [2.45, 2.75) is 6.92 Å². The standard InChI is InChI=1S/C7H9NO.CH2O2/c1-6-2-4-7(8-9)5-3-6;2-1-3/h2-5,8-9H,1H3;1H,(H,2,3)/p+1. The fraction of sp³-hybridized carbons (Fsp3) is 0.125. The van der Waals surface area contributed by atoms with Crippen LogP contribution in [0.2, 0.25) is 0 Å². The second-order valence-corrected chi connectivity index (χ2v) is 2.15. The van der Waals surface area contributed by atoms with Gasteiger partial charge in [0.25, 0.3) is 6.47 Å². The van der Waals surface area contributed by atoms with Crippen LogP contribution in [0.3, 0.4) is 0 Å². The lowest BCUT2D eigenvalue weighted by atomic mass is 10.2. The van der Waals surface area contributed by atoms with E-state index in [0.29, 0.717) is 0 Å². The number of aryl methyl sites for hydroxylation is 1. The van der Waals surface area contributed by atoms with E-state index in [4.69, 9.17) is 15.1 Å². The monoisotopic (exact) mass is 170 g/mol. The third kappa shape index (κ3) is 4.43. The van der Waals surface area contributed by atoms with Crippen molar-refractivity contribution < 1.29 is 20.6 Å². The molecule has 0 aliphatic carbocycles. The molecule has 0 aliphatic heterocycles. The lowest BCUT2D eigenvalue weighted by molar-refractivity contribution is -0.825. The molecule has 4 N–H and O–H groups in total. The van der Waals surface area contributed by atoms with Gasteiger partial charge in [-0.25, -0.2) is 5.21 Å². The maximum absolute atomic E-state index is 8.50. The van der Waals surface area contributed by atoms with E-state index in [0.717, 1.165) is 11.2 Å². The quantitative estimate of drug-likeness (QED) is 0.322. The number of benzene rings is 1. The summed E-state index contributed by atoms with van der Waals surface area (Å²) in [4.78, 5) is 8.36. The van der Waals surface area contributed by atoms with Gasteiger partial charge in [-0.05, 0) is 6.92 Å². The lowest BCUT2D eigenvalue weighted by Crippen LogP contribution is -2.73. The fourth-order valence-electron chi connectivity index (χ4n) is 0.653. The molecule has 0 saturated heterocycles. The predicted octanol–water partition coefficient (Wildman–Crippen LogP) is 0.280. The Labute approximate surface area is 70.4 Å². The van der Waals surface area contributed by atoms with E-state index in [2.05, 4.69) is 0 Å². The summed E-state index contributed by atoms with van der Waals surface area (Å²) < 4.78 is 0. The van der Waals surface area contributed by atoms with Crippen molar-refractivity contribution >= 4 is 12.2 Å². The molecule has 0 fully saturated rings. The first-order valence-electron chi connectivity index (χ1n) is 3.36. The van der Waals surface area contributed by atoms with E-state index in [1.54, 1.807) is 0 Å². The summed E-state index contributed by atoms with van der Waals surface area (Å²) in [5.74, 6) is 0. The minimum Gasteiger partial charge on any atom is -0.483 e. The molecule has 4 heteroatoms. The highest BCUT2D eigenvalue weighted by molar-refractivity contribution is 5.32. The summed E-state index contributed by atoms with van der Waals surface area (Å²) in [7, 11) is 0. The third-order valence-corrected chi connectivity index (χ3v) is 1.23. The number of hydrogen-bond acceptors (Lipinski definition) is 2. The Bertz CT molecular complexity index is 220. The summed E-state index contributed by atoms with van der Waals surface area (Å²) in [6, 6.07) is 7.66. The molecule has 0 heterocycles. The molecule has 1 aromatic carbocycles. The molecule has 0 aliphatic rings. The van der Waals surface area contributed by atoms with E-state index >= 15 is 0 Å². The van der Waals surface area contributed by atoms with Crippen molar-refractivity contribution in [2.75, 3.05) is 0 Å². The van der Waals surface area contributed by atoms with Crippen molar-refractivity contribution in [2.24, 2.45) is 0 Å². The van der Waals surface area contributed by atoms with Crippen LogP contribution in [0.15, 0.2) is 24.3 Å². The number of nitrogens with two attached hydrogens (primary N) is 1. The molecular weight excluding hydrogens is 158 g/mol. The van der Waals surface area contributed by atoms with Crippen molar-refractivity contribution in [1.82, 2.24) is 0 Å². The number of carbonyl (C=O) groups is 1. The molecular formula is C8H12NO3+. The number of rotatable bonds is 1. The Hall–Kier alpha value is -1.39. The Morgan fingerprint density at radius 1 is 1.33 bits per heavy atom. The molecule has 0 unspecified atom stereocenters. The zero-order chi connectivity index (χ0) is 9.40. The first-order valence-corrected chi connectivity index (χ1v) is 3.36. The van der Waals surface area contributed by atoms with Crippen molar-refractivity contribution in [1.29, 1.82) is 0 Å². The molecule has 4 nitrogen and oxygen atoms in total. The van der Waals surface area contributed by atoms with Crippen LogP contribution in [0.4, 0.5) is 5.69 Å². The lowest BCUT2D eigenvalue weighted by Gasteiger charge is -1.91. The molecule has 0 aromatic heterocycles. The maximum Gasteiger partial charge on any atom is 0.290 e. The van der Waals surface area contributed by atoms with E-state index in [1.165, 1.54) is 5.56 Å². The van der Waals surface area contributed by atoms with E-state index < -0.39 is 0 Å². The van der Waals surface area contributed by atoms with Gasteiger partial charge in [0.2, 0.25) is 0 Å². The Morgan fingerprint density at radius 2 is 1.75 bits per heavy atom. The number of quaternary nitrogens is 1. The molecule has 0 bridgehead atoms. The largest absolute Gasteiger partial charge is 0.483 e. The second-order valence-electron chi connectivity index (χ2n) is 2.15. The number of carboxylic acid groups (broad SMARTS) is 1. The summed E-state index contributed by atoms with van der Waals surface area (Å²) in [5.41, 5.74) is 3.15. The average molecular weight is 170 g/mol. The molecule has 66 valence electrons. The minimum atomic E-state index is -0.250. The first kappa shape index (κ1) is 10.6. The molecule has 0 atom stereocenters. The highest BCUT2D eigenvalue weighted by Gasteiger charge is 1.89. The molecule has 1 aromatic rings. The Kier molecular flexibility index (Phi) is 5.60. The fourth-order valence-corrected chi connectivity index (χ4v) is 0.653. The van der Waals surface area contributed by atoms with Gasteiger partial charge in [0.15, 0.2) is 5.69 Å². The Balaban J connectivity index is 0.000000354. The van der Waals surface area contributed by atoms with Crippen LogP contribution in [-0.4, -0.2) is 16.8 Å².